The average Bonchev–Trinajstić information content (AvgIpc) is 2.79. The van der Waals surface area contributed by atoms with E-state index in [0.29, 0.717) is 17.5 Å². The lowest BCUT2D eigenvalue weighted by molar-refractivity contribution is -0.00242. The fourth-order valence-corrected chi connectivity index (χ4v) is 6.29. The Morgan fingerprint density at radius 2 is 1.67 bits per heavy atom. The van der Waals surface area contributed by atoms with Crippen LogP contribution in [-0.4, -0.2) is 96.9 Å². The summed E-state index contributed by atoms with van der Waals surface area (Å²) in [4.78, 5) is 28.6. The summed E-state index contributed by atoms with van der Waals surface area (Å²) in [6.07, 6.45) is 5.68. The molecular weight excluding hydrogens is 529 g/mol. The summed E-state index contributed by atoms with van der Waals surface area (Å²) in [7, 11) is 0. The van der Waals surface area contributed by atoms with Gasteiger partial charge in [0.15, 0.2) is 0 Å². The highest BCUT2D eigenvalue weighted by Gasteiger charge is 2.41. The second kappa shape index (κ2) is 10.1. The number of hydrogen-bond donors (Lipinski definition) is 1. The summed E-state index contributed by atoms with van der Waals surface area (Å²) in [6, 6.07) is 0.354. The van der Waals surface area contributed by atoms with E-state index in [9.17, 15) is 4.79 Å². The van der Waals surface area contributed by atoms with Crippen molar-refractivity contribution in [3.8, 4) is 0 Å². The maximum absolute atomic E-state index is 13.2. The van der Waals surface area contributed by atoms with Crippen LogP contribution in [0.1, 0.15) is 61.3 Å². The summed E-state index contributed by atoms with van der Waals surface area (Å²) in [5.74, 6) is 1.33. The molecule has 1 atom stereocenters. The van der Waals surface area contributed by atoms with Crippen LogP contribution >= 0.6 is 22.9 Å². The van der Waals surface area contributed by atoms with Crippen molar-refractivity contribution in [1.82, 2.24) is 27.8 Å². The van der Waals surface area contributed by atoms with Gasteiger partial charge in [0.1, 0.15) is 6.33 Å². The molecule has 0 spiro atoms. The largest absolute Gasteiger partial charge is 0.355 e. The first kappa shape index (κ1) is 24.8. The zero-order chi connectivity index (χ0) is 23.8. The van der Waals surface area contributed by atoms with Gasteiger partial charge in [-0.1, -0.05) is 0 Å². The van der Waals surface area contributed by atoms with Crippen molar-refractivity contribution in [3.63, 3.8) is 0 Å². The maximum Gasteiger partial charge on any atom is 0.257 e. The lowest BCUT2D eigenvalue weighted by Crippen LogP contribution is -2.63. The van der Waals surface area contributed by atoms with E-state index < -0.39 is 0 Å². The third-order valence-corrected chi connectivity index (χ3v) is 9.06. The van der Waals surface area contributed by atoms with Gasteiger partial charge in [-0.2, -0.15) is 0 Å². The Kier molecular flexibility index (Phi) is 7.59. The highest BCUT2D eigenvalue weighted by molar-refractivity contribution is 14.1. The molecule has 3 aliphatic heterocycles. The molecule has 1 amide bonds. The number of likely N-dealkylation sites (tertiary alicyclic amines) is 1. The molecule has 1 aromatic heterocycles. The van der Waals surface area contributed by atoms with Gasteiger partial charge in [-0.25, -0.2) is 13.1 Å². The van der Waals surface area contributed by atoms with E-state index >= 15 is 0 Å². The van der Waals surface area contributed by atoms with Gasteiger partial charge in [0, 0.05) is 86.2 Å². The Labute approximate surface area is 212 Å². The fourth-order valence-electron chi connectivity index (χ4n) is 5.73. The van der Waals surface area contributed by atoms with Gasteiger partial charge in [0.05, 0.1) is 22.8 Å². The quantitative estimate of drug-likeness (QED) is 0.262. The molecule has 33 heavy (non-hydrogen) atoms. The monoisotopic (exact) mass is 567 g/mol. The van der Waals surface area contributed by atoms with Crippen LogP contribution in [0.15, 0.2) is 6.33 Å². The predicted molar refractivity (Wildman–Crippen MR) is 139 cm³/mol. The van der Waals surface area contributed by atoms with Gasteiger partial charge >= 0.3 is 0 Å². The van der Waals surface area contributed by atoms with Crippen molar-refractivity contribution in [1.29, 1.82) is 5.41 Å². The number of piperidine rings is 2. The molecule has 1 aromatic rings. The van der Waals surface area contributed by atoms with Crippen LogP contribution in [0.25, 0.3) is 0 Å². The van der Waals surface area contributed by atoms with Crippen molar-refractivity contribution < 1.29 is 4.79 Å². The molecule has 9 heteroatoms. The third-order valence-electron chi connectivity index (χ3n) is 8.10. The normalized spacial score (nSPS) is 25.3. The smallest absolute Gasteiger partial charge is 0.257 e. The summed E-state index contributed by atoms with van der Waals surface area (Å²) in [5, 5.41) is 8.85. The highest BCUT2D eigenvalue weighted by Crippen LogP contribution is 2.32. The number of hydrogen-bond acceptors (Lipinski definition) is 6. The van der Waals surface area contributed by atoms with Gasteiger partial charge in [-0.15, -0.1) is 0 Å². The summed E-state index contributed by atoms with van der Waals surface area (Å²) < 4.78 is 2.34. The van der Waals surface area contributed by atoms with Crippen LogP contribution in [0.3, 0.4) is 0 Å². The number of aromatic nitrogens is 2. The summed E-state index contributed by atoms with van der Waals surface area (Å²) in [5.41, 5.74) is 2.29. The van der Waals surface area contributed by atoms with Gasteiger partial charge in [-0.05, 0) is 53.4 Å². The molecule has 1 N–H and O–H groups in total. The number of aryl methyl sites for hydroxylation is 2. The zero-order valence-corrected chi connectivity index (χ0v) is 22.6. The SMILES string of the molecule is Cc1ncnc(C)c1C(=O)N1CCC(C)(N2CCN(C(=N)C3CCN(I)CC3)C(C)C2)CC1. The second-order valence-electron chi connectivity index (χ2n) is 10.3. The van der Waals surface area contributed by atoms with E-state index in [1.807, 2.05) is 18.7 Å². The predicted octanol–water partition coefficient (Wildman–Crippen LogP) is 3.13. The molecule has 3 fully saturated rings. The number of nitrogens with zero attached hydrogens (tertiary/aromatic N) is 6. The zero-order valence-electron chi connectivity index (χ0n) is 20.5. The Bertz CT molecular complexity index is 857. The first-order valence-corrected chi connectivity index (χ1v) is 13.2. The van der Waals surface area contributed by atoms with Crippen molar-refractivity contribution in [2.24, 2.45) is 5.92 Å². The van der Waals surface area contributed by atoms with Crippen LogP contribution in [0, 0.1) is 25.2 Å². The third kappa shape index (κ3) is 5.19. The minimum atomic E-state index is 0.0665. The Balaban J connectivity index is 1.33. The molecule has 0 aliphatic carbocycles. The first-order chi connectivity index (χ1) is 15.7. The van der Waals surface area contributed by atoms with E-state index in [2.05, 4.69) is 59.6 Å². The van der Waals surface area contributed by atoms with Crippen molar-refractivity contribution in [2.75, 3.05) is 45.8 Å². The molecule has 0 aromatic carbocycles. The van der Waals surface area contributed by atoms with Crippen LogP contribution in [0.4, 0.5) is 0 Å². The number of carbonyl (C=O) groups is 1. The number of piperazine rings is 1. The molecule has 182 valence electrons. The summed E-state index contributed by atoms with van der Waals surface area (Å²) >= 11 is 2.40. The maximum atomic E-state index is 13.2. The number of halogens is 1. The number of carbonyl (C=O) groups excluding carboxylic acids is 1. The molecule has 3 aliphatic rings. The van der Waals surface area contributed by atoms with Gasteiger partial charge < -0.3 is 9.80 Å². The van der Waals surface area contributed by atoms with Crippen molar-refractivity contribution in [2.45, 2.75) is 65.0 Å². The molecule has 8 nitrogen and oxygen atoms in total. The number of rotatable bonds is 3. The standard InChI is InChI=1S/C24H38IN7O/c1-17-15-30(13-14-32(17)22(26)20-5-9-31(25)10-6-20)24(4)7-11-29(12-8-24)23(33)21-18(2)27-16-28-19(21)3/h16-17,20,26H,5-15H2,1-4H3. The van der Waals surface area contributed by atoms with Crippen molar-refractivity contribution in [3.05, 3.63) is 23.3 Å². The topological polar surface area (TPSA) is 79.7 Å². The molecular formula is C24H38IN7O. The molecule has 0 saturated carbocycles. The highest BCUT2D eigenvalue weighted by atomic mass is 127. The van der Waals surface area contributed by atoms with Gasteiger partial charge in [0.25, 0.3) is 5.91 Å². The Morgan fingerprint density at radius 3 is 2.24 bits per heavy atom. The minimum absolute atomic E-state index is 0.0665. The number of amidine groups is 1. The van der Waals surface area contributed by atoms with E-state index in [1.54, 1.807) is 0 Å². The molecule has 0 bridgehead atoms. The summed E-state index contributed by atoms with van der Waals surface area (Å²) in [6.45, 7) is 15.0. The molecule has 0 radical (unpaired) electrons. The van der Waals surface area contributed by atoms with E-state index in [-0.39, 0.29) is 11.4 Å². The lowest BCUT2D eigenvalue weighted by Gasteiger charge is -2.52. The van der Waals surface area contributed by atoms with Crippen LogP contribution in [0.5, 0.6) is 0 Å². The Hall–Kier alpha value is -1.33. The van der Waals surface area contributed by atoms with Crippen LogP contribution < -0.4 is 0 Å². The van der Waals surface area contributed by atoms with Crippen LogP contribution in [0.2, 0.25) is 0 Å². The second-order valence-corrected chi connectivity index (χ2v) is 11.6. The van der Waals surface area contributed by atoms with E-state index in [0.717, 1.165) is 88.7 Å². The number of amides is 1. The molecule has 3 saturated heterocycles. The van der Waals surface area contributed by atoms with Gasteiger partial charge in [0.2, 0.25) is 0 Å². The van der Waals surface area contributed by atoms with E-state index in [4.69, 9.17) is 5.41 Å². The molecule has 4 heterocycles. The minimum Gasteiger partial charge on any atom is -0.355 e. The Morgan fingerprint density at radius 1 is 1.06 bits per heavy atom. The van der Waals surface area contributed by atoms with E-state index in [1.165, 1.54) is 6.33 Å². The van der Waals surface area contributed by atoms with Crippen molar-refractivity contribution >= 4 is 34.6 Å². The van der Waals surface area contributed by atoms with Crippen LogP contribution in [-0.2, 0) is 0 Å². The molecule has 1 unspecified atom stereocenters. The van der Waals surface area contributed by atoms with Gasteiger partial charge in [-0.3, -0.25) is 15.1 Å². The lowest BCUT2D eigenvalue weighted by atomic mass is 9.86. The number of nitrogens with one attached hydrogen (secondary N) is 1. The average molecular weight is 568 g/mol. The fraction of sp³-hybridized carbons (Fsp3) is 0.750. The first-order valence-electron chi connectivity index (χ1n) is 12.3. The molecule has 4 rings (SSSR count).